The van der Waals surface area contributed by atoms with Gasteiger partial charge in [0.05, 0.1) is 19.8 Å². The van der Waals surface area contributed by atoms with E-state index < -0.39 is 5.79 Å². The molecule has 2 fully saturated rings. The Hall–Kier alpha value is -0.360. The number of nitrogens with one attached hydrogen (secondary N) is 1. The van der Waals surface area contributed by atoms with Crippen LogP contribution in [0.15, 0.2) is 0 Å². The zero-order valence-corrected chi connectivity index (χ0v) is 11.9. The number of carbonyl (C=O) groups is 1. The number of halogens is 1. The monoisotopic (exact) mass is 278 g/mol. The van der Waals surface area contributed by atoms with Crippen LogP contribution in [0.4, 0.5) is 0 Å². The van der Waals surface area contributed by atoms with Gasteiger partial charge < -0.3 is 19.7 Å². The number of hydrogen-bond donors (Lipinski definition) is 1. The van der Waals surface area contributed by atoms with Crippen molar-refractivity contribution < 1.29 is 14.3 Å². The summed E-state index contributed by atoms with van der Waals surface area (Å²) in [6.07, 6.45) is 1.93. The highest BCUT2D eigenvalue weighted by Gasteiger charge is 2.41. The first-order chi connectivity index (χ1) is 8.15. The average molecular weight is 279 g/mol. The molecule has 5 nitrogen and oxygen atoms in total. The van der Waals surface area contributed by atoms with Crippen molar-refractivity contribution in [3.63, 3.8) is 0 Å². The van der Waals surface area contributed by atoms with E-state index in [1.165, 1.54) is 0 Å². The lowest BCUT2D eigenvalue weighted by molar-refractivity contribution is -0.191. The van der Waals surface area contributed by atoms with Gasteiger partial charge in [0.25, 0.3) is 0 Å². The van der Waals surface area contributed by atoms with Crippen LogP contribution in [0, 0.1) is 5.92 Å². The maximum atomic E-state index is 11.7. The fourth-order valence-corrected chi connectivity index (χ4v) is 2.68. The molecule has 2 aliphatic rings. The van der Waals surface area contributed by atoms with Crippen LogP contribution in [0.1, 0.15) is 19.8 Å². The number of amides is 1. The van der Waals surface area contributed by atoms with Gasteiger partial charge in [-0.2, -0.15) is 0 Å². The Kier molecular flexibility index (Phi) is 5.85. The summed E-state index contributed by atoms with van der Waals surface area (Å²) in [5, 5.41) is 2.90. The van der Waals surface area contributed by atoms with E-state index in [9.17, 15) is 4.79 Å². The maximum Gasteiger partial charge on any atom is 0.236 e. The number of likely N-dealkylation sites (tertiary alicyclic amines) is 1. The predicted molar refractivity (Wildman–Crippen MR) is 70.8 cm³/mol. The first kappa shape index (κ1) is 15.7. The van der Waals surface area contributed by atoms with Crippen LogP contribution < -0.4 is 5.32 Å². The van der Waals surface area contributed by atoms with Crippen molar-refractivity contribution in [1.29, 1.82) is 0 Å². The minimum absolute atomic E-state index is 0. The highest BCUT2D eigenvalue weighted by atomic mass is 35.5. The Morgan fingerprint density at radius 2 is 1.89 bits per heavy atom. The number of nitrogens with zero attached hydrogens (tertiary/aromatic N) is 1. The molecule has 1 N–H and O–H groups in total. The second-order valence-electron chi connectivity index (χ2n) is 4.90. The summed E-state index contributed by atoms with van der Waals surface area (Å²) in [6.45, 7) is 5.45. The van der Waals surface area contributed by atoms with E-state index in [4.69, 9.17) is 9.47 Å². The van der Waals surface area contributed by atoms with E-state index >= 15 is 0 Å². The van der Waals surface area contributed by atoms with Crippen LogP contribution in [-0.2, 0) is 14.3 Å². The lowest BCUT2D eigenvalue weighted by Crippen LogP contribution is -2.47. The molecule has 0 bridgehead atoms. The zero-order chi connectivity index (χ0) is 12.3. The topological polar surface area (TPSA) is 50.8 Å². The summed E-state index contributed by atoms with van der Waals surface area (Å²) in [5.41, 5.74) is 0. The van der Waals surface area contributed by atoms with E-state index in [-0.39, 0.29) is 18.3 Å². The molecule has 0 aliphatic carbocycles. The molecule has 0 unspecified atom stereocenters. The SMILES string of the molecule is CNCC(=O)N1CCC(C2(C)OCCO2)CC1.Cl. The summed E-state index contributed by atoms with van der Waals surface area (Å²) in [6, 6.07) is 0. The second-order valence-corrected chi connectivity index (χ2v) is 4.90. The summed E-state index contributed by atoms with van der Waals surface area (Å²) < 4.78 is 11.4. The van der Waals surface area contributed by atoms with E-state index in [0.717, 1.165) is 25.9 Å². The Morgan fingerprint density at radius 1 is 1.33 bits per heavy atom. The van der Waals surface area contributed by atoms with Crippen molar-refractivity contribution in [2.75, 3.05) is 39.9 Å². The van der Waals surface area contributed by atoms with Gasteiger partial charge in [-0.15, -0.1) is 12.4 Å². The van der Waals surface area contributed by atoms with Gasteiger partial charge in [0.15, 0.2) is 5.79 Å². The van der Waals surface area contributed by atoms with Crippen molar-refractivity contribution in [3.05, 3.63) is 0 Å². The standard InChI is InChI=1S/C12H22N2O3.ClH/c1-12(16-7-8-17-12)10-3-5-14(6-4-10)11(15)9-13-2;/h10,13H,3-9H2,1-2H3;1H. The molecular weight excluding hydrogens is 256 g/mol. The predicted octanol–water partition coefficient (Wildman–Crippen LogP) is 0.629. The van der Waals surface area contributed by atoms with Crippen LogP contribution >= 0.6 is 12.4 Å². The summed E-state index contributed by atoms with van der Waals surface area (Å²) in [5.74, 6) is 0.172. The highest BCUT2D eigenvalue weighted by Crippen LogP contribution is 2.34. The Balaban J connectivity index is 0.00000162. The van der Waals surface area contributed by atoms with Gasteiger partial charge in [-0.05, 0) is 26.8 Å². The minimum atomic E-state index is -0.419. The number of ether oxygens (including phenoxy) is 2. The first-order valence-electron chi connectivity index (χ1n) is 6.36. The van der Waals surface area contributed by atoms with Gasteiger partial charge in [0, 0.05) is 19.0 Å². The number of rotatable bonds is 3. The third-order valence-electron chi connectivity index (χ3n) is 3.78. The van der Waals surface area contributed by atoms with Crippen LogP contribution in [0.25, 0.3) is 0 Å². The third-order valence-corrected chi connectivity index (χ3v) is 3.78. The molecule has 0 saturated carbocycles. The molecule has 0 aromatic heterocycles. The largest absolute Gasteiger partial charge is 0.348 e. The van der Waals surface area contributed by atoms with Gasteiger partial charge in [-0.25, -0.2) is 0 Å². The Morgan fingerprint density at radius 3 is 2.39 bits per heavy atom. The fourth-order valence-electron chi connectivity index (χ4n) is 2.68. The number of likely N-dealkylation sites (N-methyl/N-ethyl adjacent to an activating group) is 1. The molecule has 18 heavy (non-hydrogen) atoms. The normalized spacial score (nSPS) is 23.8. The van der Waals surface area contributed by atoms with Crippen molar-refractivity contribution in [2.24, 2.45) is 5.92 Å². The molecule has 106 valence electrons. The third kappa shape index (κ3) is 3.35. The second kappa shape index (κ2) is 6.70. The van der Waals surface area contributed by atoms with Gasteiger partial charge in [-0.1, -0.05) is 0 Å². The van der Waals surface area contributed by atoms with Crippen molar-refractivity contribution in [2.45, 2.75) is 25.6 Å². The van der Waals surface area contributed by atoms with Crippen LogP contribution in [-0.4, -0.2) is 56.5 Å². The molecule has 2 aliphatic heterocycles. The lowest BCUT2D eigenvalue weighted by atomic mass is 9.89. The highest BCUT2D eigenvalue weighted by molar-refractivity contribution is 5.85. The smallest absolute Gasteiger partial charge is 0.236 e. The quantitative estimate of drug-likeness (QED) is 0.823. The van der Waals surface area contributed by atoms with Gasteiger partial charge in [-0.3, -0.25) is 4.79 Å². The molecule has 0 aromatic rings. The Bertz CT molecular complexity index is 274. The molecule has 0 spiro atoms. The Labute approximate surface area is 115 Å². The van der Waals surface area contributed by atoms with E-state index in [1.54, 1.807) is 7.05 Å². The van der Waals surface area contributed by atoms with E-state index in [1.807, 2.05) is 11.8 Å². The summed E-state index contributed by atoms with van der Waals surface area (Å²) in [7, 11) is 1.80. The molecular formula is C12H23ClN2O3. The molecule has 0 aromatic carbocycles. The number of hydrogen-bond acceptors (Lipinski definition) is 4. The zero-order valence-electron chi connectivity index (χ0n) is 11.1. The molecule has 0 radical (unpaired) electrons. The molecule has 0 atom stereocenters. The van der Waals surface area contributed by atoms with Crippen molar-refractivity contribution in [1.82, 2.24) is 10.2 Å². The summed E-state index contributed by atoms with van der Waals surface area (Å²) >= 11 is 0. The first-order valence-corrected chi connectivity index (χ1v) is 6.36. The summed E-state index contributed by atoms with van der Waals surface area (Å²) in [4.78, 5) is 13.6. The molecule has 2 rings (SSSR count). The van der Waals surface area contributed by atoms with Crippen LogP contribution in [0.3, 0.4) is 0 Å². The van der Waals surface area contributed by atoms with Gasteiger partial charge >= 0.3 is 0 Å². The van der Waals surface area contributed by atoms with Gasteiger partial charge in [0.1, 0.15) is 0 Å². The van der Waals surface area contributed by atoms with E-state index in [2.05, 4.69) is 5.32 Å². The van der Waals surface area contributed by atoms with E-state index in [0.29, 0.717) is 25.7 Å². The number of carbonyl (C=O) groups excluding carboxylic acids is 1. The number of piperidine rings is 1. The minimum Gasteiger partial charge on any atom is -0.348 e. The van der Waals surface area contributed by atoms with Crippen LogP contribution in [0.2, 0.25) is 0 Å². The van der Waals surface area contributed by atoms with Gasteiger partial charge in [0.2, 0.25) is 5.91 Å². The maximum absolute atomic E-state index is 11.7. The lowest BCUT2D eigenvalue weighted by Gasteiger charge is -2.39. The molecule has 1 amide bonds. The van der Waals surface area contributed by atoms with Crippen molar-refractivity contribution >= 4 is 18.3 Å². The molecule has 2 saturated heterocycles. The fraction of sp³-hybridized carbons (Fsp3) is 0.917. The molecule has 2 heterocycles. The van der Waals surface area contributed by atoms with Crippen LogP contribution in [0.5, 0.6) is 0 Å². The average Bonchev–Trinajstić information content (AvgIpc) is 2.78. The van der Waals surface area contributed by atoms with Crippen molar-refractivity contribution in [3.8, 4) is 0 Å². The molecule has 6 heteroatoms.